The third-order valence-corrected chi connectivity index (χ3v) is 10.8. The molecule has 0 aliphatic carbocycles. The second kappa shape index (κ2) is 11.3. The van der Waals surface area contributed by atoms with Gasteiger partial charge in [-0.2, -0.15) is 0 Å². The number of aryl methyl sites for hydroxylation is 1. The van der Waals surface area contributed by atoms with Crippen LogP contribution in [0, 0.1) is 0 Å². The number of nitrogens with zero attached hydrogens (tertiary/aromatic N) is 2. The molecule has 1 aromatic carbocycles. The summed E-state index contributed by atoms with van der Waals surface area (Å²) in [4.78, 5) is 8.32. The molecule has 1 aliphatic rings. The van der Waals surface area contributed by atoms with E-state index >= 15 is 0 Å². The first-order chi connectivity index (χ1) is 17.1. The van der Waals surface area contributed by atoms with Crippen molar-refractivity contribution in [3.8, 4) is 21.8 Å². The fourth-order valence-corrected chi connectivity index (χ4v) is 8.40. The van der Waals surface area contributed by atoms with Gasteiger partial charge in [0.05, 0.1) is 10.6 Å². The van der Waals surface area contributed by atoms with Crippen molar-refractivity contribution < 1.29 is 12.9 Å². The summed E-state index contributed by atoms with van der Waals surface area (Å²) < 4.78 is 32.9. The first-order valence-electron chi connectivity index (χ1n) is 11.6. The number of sulfonamides is 1. The highest BCUT2D eigenvalue weighted by atomic mass is 32.2. The molecule has 11 heteroatoms. The molecule has 2 N–H and O–H groups in total. The van der Waals surface area contributed by atoms with E-state index in [0.717, 1.165) is 60.1 Å². The standard InChI is InChI=1S/C24H26N4O3S4/c29-35(30,22-10-9-20(33-22)18-11-15-31-28-18)26-14-6-2-1-5-13-25-24-27-23-17-7-3-4-8-19(17)32-16-12-21(23)34-24/h3-4,7-11,15,26H,1-2,5-6,12-14,16H2,(H,25,27). The summed E-state index contributed by atoms with van der Waals surface area (Å²) in [6.45, 7) is 1.30. The van der Waals surface area contributed by atoms with Gasteiger partial charge in [-0.1, -0.05) is 36.2 Å². The Hall–Kier alpha value is -2.18. The van der Waals surface area contributed by atoms with Crippen molar-refractivity contribution in [2.45, 2.75) is 41.2 Å². The van der Waals surface area contributed by atoms with E-state index in [1.165, 1.54) is 32.9 Å². The lowest BCUT2D eigenvalue weighted by Crippen LogP contribution is -2.23. The number of hydrogen-bond donors (Lipinski definition) is 2. The Morgan fingerprint density at radius 1 is 0.971 bits per heavy atom. The second-order valence-electron chi connectivity index (χ2n) is 8.13. The number of aromatic nitrogens is 2. The summed E-state index contributed by atoms with van der Waals surface area (Å²) in [6, 6.07) is 13.6. The highest BCUT2D eigenvalue weighted by Gasteiger charge is 2.19. The van der Waals surface area contributed by atoms with Crippen LogP contribution in [0.15, 0.2) is 62.4 Å². The number of nitrogens with one attached hydrogen (secondary N) is 2. The quantitative estimate of drug-likeness (QED) is 0.219. The molecular weight excluding hydrogens is 521 g/mol. The van der Waals surface area contributed by atoms with Crippen molar-refractivity contribution in [3.05, 3.63) is 53.6 Å². The monoisotopic (exact) mass is 546 g/mol. The summed E-state index contributed by atoms with van der Waals surface area (Å²) in [6.07, 6.45) is 6.36. The molecule has 0 spiro atoms. The van der Waals surface area contributed by atoms with Crippen LogP contribution in [0.4, 0.5) is 5.13 Å². The molecule has 0 atom stereocenters. The Kier molecular flexibility index (Phi) is 7.88. The number of hydrogen-bond acceptors (Lipinski definition) is 9. The average Bonchev–Trinajstić information content (AvgIpc) is 3.61. The van der Waals surface area contributed by atoms with Crippen LogP contribution in [-0.4, -0.2) is 37.4 Å². The minimum absolute atomic E-state index is 0.294. The minimum Gasteiger partial charge on any atom is -0.364 e. The van der Waals surface area contributed by atoms with Gasteiger partial charge in [0, 0.05) is 40.2 Å². The number of unbranched alkanes of at least 4 members (excludes halogenated alkanes) is 3. The largest absolute Gasteiger partial charge is 0.364 e. The number of anilines is 1. The first-order valence-corrected chi connectivity index (χ1v) is 15.7. The van der Waals surface area contributed by atoms with E-state index in [-0.39, 0.29) is 0 Å². The van der Waals surface area contributed by atoms with Gasteiger partial charge in [-0.25, -0.2) is 18.1 Å². The topological polar surface area (TPSA) is 97.1 Å². The SMILES string of the molecule is O=S(=O)(NCCCCCCNc1nc2c(s1)CCSc1ccccc1-2)c1ccc(-c2ccon2)s1. The molecule has 0 bridgehead atoms. The molecule has 0 amide bonds. The normalized spacial score (nSPS) is 13.3. The fourth-order valence-electron chi connectivity index (χ4n) is 3.87. The zero-order valence-corrected chi connectivity index (χ0v) is 22.3. The van der Waals surface area contributed by atoms with Gasteiger partial charge in [-0.05, 0) is 37.5 Å². The van der Waals surface area contributed by atoms with E-state index in [4.69, 9.17) is 9.51 Å². The lowest BCUT2D eigenvalue weighted by molar-refractivity contribution is 0.422. The number of thioether (sulfide) groups is 1. The number of fused-ring (bicyclic) bond motifs is 3. The van der Waals surface area contributed by atoms with Crippen molar-refractivity contribution >= 4 is 49.6 Å². The van der Waals surface area contributed by atoms with Crippen molar-refractivity contribution in [2.24, 2.45) is 0 Å². The summed E-state index contributed by atoms with van der Waals surface area (Å²) in [5.41, 5.74) is 3.01. The average molecular weight is 547 g/mol. The third kappa shape index (κ3) is 5.97. The van der Waals surface area contributed by atoms with Gasteiger partial charge < -0.3 is 9.84 Å². The molecule has 3 aromatic heterocycles. The van der Waals surface area contributed by atoms with E-state index in [2.05, 4.69) is 39.5 Å². The Bertz CT molecular complexity index is 1360. The molecule has 0 saturated carbocycles. The molecule has 184 valence electrons. The molecule has 4 heterocycles. The van der Waals surface area contributed by atoms with Crippen LogP contribution >= 0.6 is 34.4 Å². The second-order valence-corrected chi connectivity index (χ2v) is 13.4. The molecular formula is C24H26N4O3S4. The lowest BCUT2D eigenvalue weighted by atomic mass is 10.1. The number of benzene rings is 1. The maximum absolute atomic E-state index is 12.5. The van der Waals surface area contributed by atoms with E-state index in [0.29, 0.717) is 16.4 Å². The summed E-state index contributed by atoms with van der Waals surface area (Å²) in [5.74, 6) is 1.09. The smallest absolute Gasteiger partial charge is 0.250 e. The van der Waals surface area contributed by atoms with Crippen molar-refractivity contribution in [2.75, 3.05) is 24.2 Å². The molecule has 0 fully saturated rings. The van der Waals surface area contributed by atoms with Crippen LogP contribution < -0.4 is 10.0 Å². The summed E-state index contributed by atoms with van der Waals surface area (Å²) in [5, 5.41) is 8.33. The lowest BCUT2D eigenvalue weighted by Gasteiger charge is -2.06. The van der Waals surface area contributed by atoms with E-state index in [1.54, 1.807) is 29.5 Å². The molecule has 4 aromatic rings. The van der Waals surface area contributed by atoms with Gasteiger partial charge in [-0.15, -0.1) is 34.4 Å². The third-order valence-electron chi connectivity index (χ3n) is 5.63. The number of rotatable bonds is 11. The highest BCUT2D eigenvalue weighted by Crippen LogP contribution is 2.40. The Morgan fingerprint density at radius 3 is 2.69 bits per heavy atom. The highest BCUT2D eigenvalue weighted by molar-refractivity contribution is 7.99. The predicted molar refractivity (Wildman–Crippen MR) is 144 cm³/mol. The van der Waals surface area contributed by atoms with Gasteiger partial charge in [-0.3, -0.25) is 0 Å². The van der Waals surface area contributed by atoms with Crippen LogP contribution in [0.5, 0.6) is 0 Å². The van der Waals surface area contributed by atoms with Gasteiger partial charge >= 0.3 is 0 Å². The van der Waals surface area contributed by atoms with Crippen LogP contribution in [0.2, 0.25) is 0 Å². The number of thiazole rings is 1. The Balaban J connectivity index is 1.02. The first kappa shape index (κ1) is 24.5. The van der Waals surface area contributed by atoms with Crippen molar-refractivity contribution in [3.63, 3.8) is 0 Å². The van der Waals surface area contributed by atoms with E-state index in [9.17, 15) is 8.42 Å². The van der Waals surface area contributed by atoms with Crippen LogP contribution in [0.3, 0.4) is 0 Å². The van der Waals surface area contributed by atoms with Crippen molar-refractivity contribution in [1.82, 2.24) is 14.9 Å². The van der Waals surface area contributed by atoms with Crippen molar-refractivity contribution in [1.29, 1.82) is 0 Å². The number of thiophene rings is 1. The van der Waals surface area contributed by atoms with E-state index < -0.39 is 10.0 Å². The fraction of sp³-hybridized carbons (Fsp3) is 0.333. The van der Waals surface area contributed by atoms with Crippen LogP contribution in [-0.2, 0) is 16.4 Å². The van der Waals surface area contributed by atoms with Gasteiger partial charge in [0.1, 0.15) is 16.2 Å². The summed E-state index contributed by atoms with van der Waals surface area (Å²) in [7, 11) is -3.50. The maximum atomic E-state index is 12.5. The van der Waals surface area contributed by atoms with Gasteiger partial charge in [0.15, 0.2) is 5.13 Å². The summed E-state index contributed by atoms with van der Waals surface area (Å²) >= 11 is 4.86. The van der Waals surface area contributed by atoms with Gasteiger partial charge in [0.25, 0.3) is 0 Å². The molecule has 0 radical (unpaired) electrons. The zero-order chi connectivity index (χ0) is 24.1. The van der Waals surface area contributed by atoms with Gasteiger partial charge in [0.2, 0.25) is 10.0 Å². The maximum Gasteiger partial charge on any atom is 0.250 e. The molecule has 7 nitrogen and oxygen atoms in total. The Labute approximate surface area is 217 Å². The zero-order valence-electron chi connectivity index (χ0n) is 19.0. The molecule has 35 heavy (non-hydrogen) atoms. The molecule has 5 rings (SSSR count). The van der Waals surface area contributed by atoms with Crippen LogP contribution in [0.1, 0.15) is 30.6 Å². The molecule has 0 unspecified atom stereocenters. The molecule has 0 saturated heterocycles. The Morgan fingerprint density at radius 2 is 1.83 bits per heavy atom. The molecule has 1 aliphatic heterocycles. The van der Waals surface area contributed by atoms with Crippen LogP contribution in [0.25, 0.3) is 21.8 Å². The predicted octanol–water partition coefficient (Wildman–Crippen LogP) is 6.13. The van der Waals surface area contributed by atoms with E-state index in [1.807, 2.05) is 11.8 Å². The minimum atomic E-state index is -3.50.